The topological polar surface area (TPSA) is 28.7 Å². The van der Waals surface area contributed by atoms with E-state index in [2.05, 4.69) is 25.9 Å². The summed E-state index contributed by atoms with van der Waals surface area (Å²) in [5.74, 6) is 0.524. The van der Waals surface area contributed by atoms with Crippen molar-refractivity contribution < 1.29 is 4.39 Å². The zero-order valence-electron chi connectivity index (χ0n) is 7.51. The van der Waals surface area contributed by atoms with E-state index in [0.717, 1.165) is 10.3 Å². The first-order valence-corrected chi connectivity index (χ1v) is 4.93. The second-order valence-corrected chi connectivity index (χ2v) is 3.92. The maximum absolute atomic E-state index is 13.4. The molecule has 1 N–H and O–H groups in total. The van der Waals surface area contributed by atoms with Gasteiger partial charge in [-0.2, -0.15) is 0 Å². The lowest BCUT2D eigenvalue weighted by atomic mass is 10.1. The lowest BCUT2D eigenvalue weighted by Gasteiger charge is -2.00. The van der Waals surface area contributed by atoms with Gasteiger partial charge in [-0.15, -0.1) is 0 Å². The Morgan fingerprint density at radius 3 is 2.86 bits per heavy atom. The van der Waals surface area contributed by atoms with Gasteiger partial charge in [-0.1, -0.05) is 15.9 Å². The highest BCUT2D eigenvalue weighted by Gasteiger charge is 2.07. The molecule has 0 saturated heterocycles. The number of aryl methyl sites for hydroxylation is 1. The van der Waals surface area contributed by atoms with Crippen LogP contribution in [-0.2, 0) is 0 Å². The first-order chi connectivity index (χ1) is 6.66. The Morgan fingerprint density at radius 2 is 2.21 bits per heavy atom. The maximum Gasteiger partial charge on any atom is 0.132 e. The number of hydrogen-bond donors (Lipinski definition) is 1. The summed E-state index contributed by atoms with van der Waals surface area (Å²) in [7, 11) is 0. The van der Waals surface area contributed by atoms with Crippen molar-refractivity contribution in [1.82, 2.24) is 9.97 Å². The van der Waals surface area contributed by atoms with Crippen LogP contribution in [0.1, 0.15) is 5.82 Å². The highest BCUT2D eigenvalue weighted by molar-refractivity contribution is 9.10. The van der Waals surface area contributed by atoms with Crippen LogP contribution < -0.4 is 0 Å². The quantitative estimate of drug-likeness (QED) is 0.832. The third-order valence-electron chi connectivity index (χ3n) is 1.92. The number of hydrogen-bond acceptors (Lipinski definition) is 1. The lowest BCUT2D eigenvalue weighted by molar-refractivity contribution is 0.630. The number of benzene rings is 1. The molecule has 0 aliphatic heterocycles. The van der Waals surface area contributed by atoms with Crippen molar-refractivity contribution >= 4 is 15.9 Å². The third-order valence-corrected chi connectivity index (χ3v) is 2.41. The van der Waals surface area contributed by atoms with Gasteiger partial charge in [-0.25, -0.2) is 9.37 Å². The van der Waals surface area contributed by atoms with E-state index in [0.29, 0.717) is 11.3 Å². The van der Waals surface area contributed by atoms with Crippen molar-refractivity contribution in [3.05, 3.63) is 40.5 Å². The molecule has 72 valence electrons. The first kappa shape index (κ1) is 9.40. The minimum atomic E-state index is -0.253. The largest absolute Gasteiger partial charge is 0.342 e. The molecule has 1 heterocycles. The van der Waals surface area contributed by atoms with Crippen LogP contribution in [0.2, 0.25) is 0 Å². The van der Waals surface area contributed by atoms with E-state index in [1.54, 1.807) is 18.3 Å². The summed E-state index contributed by atoms with van der Waals surface area (Å²) in [4.78, 5) is 7.01. The summed E-state index contributed by atoms with van der Waals surface area (Å²) in [6.45, 7) is 1.83. The van der Waals surface area contributed by atoms with Crippen LogP contribution in [0, 0.1) is 12.7 Å². The summed E-state index contributed by atoms with van der Waals surface area (Å²) < 4.78 is 14.2. The number of aromatic nitrogens is 2. The number of rotatable bonds is 1. The molecule has 1 aromatic heterocycles. The second-order valence-electron chi connectivity index (χ2n) is 3.01. The fourth-order valence-electron chi connectivity index (χ4n) is 1.26. The van der Waals surface area contributed by atoms with Gasteiger partial charge in [0, 0.05) is 10.0 Å². The molecule has 0 bridgehead atoms. The molecular formula is C10H8BrFN2. The van der Waals surface area contributed by atoms with Crippen molar-refractivity contribution in [2.45, 2.75) is 6.92 Å². The minimum absolute atomic E-state index is 0.253. The Balaban J connectivity index is 2.55. The number of nitrogens with one attached hydrogen (secondary N) is 1. The minimum Gasteiger partial charge on any atom is -0.342 e. The van der Waals surface area contributed by atoms with Crippen molar-refractivity contribution in [1.29, 1.82) is 0 Å². The number of H-pyrrole nitrogens is 1. The molecule has 14 heavy (non-hydrogen) atoms. The molecule has 0 radical (unpaired) electrons. The molecule has 0 amide bonds. The summed E-state index contributed by atoms with van der Waals surface area (Å²) >= 11 is 3.30. The molecule has 4 heteroatoms. The standard InChI is InChI=1S/C10H8BrFN2/c1-6-13-5-10(14-6)8-4-7(11)2-3-9(8)12/h2-5H,1H3,(H,13,14). The van der Waals surface area contributed by atoms with Crippen LogP contribution in [0.25, 0.3) is 11.3 Å². The monoisotopic (exact) mass is 254 g/mol. The fraction of sp³-hybridized carbons (Fsp3) is 0.100. The van der Waals surface area contributed by atoms with Crippen molar-refractivity contribution in [3.63, 3.8) is 0 Å². The van der Waals surface area contributed by atoms with Crippen molar-refractivity contribution in [2.75, 3.05) is 0 Å². The van der Waals surface area contributed by atoms with E-state index >= 15 is 0 Å². The average Bonchev–Trinajstić information content (AvgIpc) is 2.56. The van der Waals surface area contributed by atoms with E-state index in [1.165, 1.54) is 6.07 Å². The van der Waals surface area contributed by atoms with Gasteiger partial charge >= 0.3 is 0 Å². The summed E-state index contributed by atoms with van der Waals surface area (Å²) in [5.41, 5.74) is 1.22. The normalized spacial score (nSPS) is 10.5. The van der Waals surface area contributed by atoms with Gasteiger partial charge < -0.3 is 4.98 Å². The smallest absolute Gasteiger partial charge is 0.132 e. The highest BCUT2D eigenvalue weighted by atomic mass is 79.9. The molecule has 0 spiro atoms. The number of imidazole rings is 1. The Labute approximate surface area is 89.3 Å². The Kier molecular flexibility index (Phi) is 2.37. The molecule has 0 saturated carbocycles. The first-order valence-electron chi connectivity index (χ1n) is 4.14. The molecule has 0 fully saturated rings. The summed E-state index contributed by atoms with van der Waals surface area (Å²) in [6, 6.07) is 4.82. The molecule has 0 unspecified atom stereocenters. The van der Waals surface area contributed by atoms with E-state index in [9.17, 15) is 4.39 Å². The van der Waals surface area contributed by atoms with Gasteiger partial charge in [-0.05, 0) is 25.1 Å². The predicted molar refractivity (Wildman–Crippen MR) is 56.4 cm³/mol. The van der Waals surface area contributed by atoms with Crippen molar-refractivity contribution in [3.8, 4) is 11.3 Å². The van der Waals surface area contributed by atoms with Crippen LogP contribution in [0.5, 0.6) is 0 Å². The predicted octanol–water partition coefficient (Wildman–Crippen LogP) is 3.29. The average molecular weight is 255 g/mol. The van der Waals surface area contributed by atoms with Gasteiger partial charge in [0.15, 0.2) is 0 Å². The van der Waals surface area contributed by atoms with Crippen LogP contribution in [0.4, 0.5) is 4.39 Å². The van der Waals surface area contributed by atoms with Gasteiger partial charge in [0.25, 0.3) is 0 Å². The number of nitrogens with zero attached hydrogens (tertiary/aromatic N) is 1. The molecule has 2 nitrogen and oxygen atoms in total. The lowest BCUT2D eigenvalue weighted by Crippen LogP contribution is -1.84. The van der Waals surface area contributed by atoms with Gasteiger partial charge in [0.05, 0.1) is 11.9 Å². The molecular weight excluding hydrogens is 247 g/mol. The van der Waals surface area contributed by atoms with E-state index in [-0.39, 0.29) is 5.82 Å². The zero-order valence-corrected chi connectivity index (χ0v) is 9.10. The Bertz CT molecular complexity index is 465. The van der Waals surface area contributed by atoms with Gasteiger partial charge in [0.2, 0.25) is 0 Å². The summed E-state index contributed by atoms with van der Waals surface area (Å²) in [6.07, 6.45) is 1.63. The molecule has 2 rings (SSSR count). The maximum atomic E-state index is 13.4. The van der Waals surface area contributed by atoms with Gasteiger partial charge in [0.1, 0.15) is 11.6 Å². The summed E-state index contributed by atoms with van der Waals surface area (Å²) in [5, 5.41) is 0. The second kappa shape index (κ2) is 3.53. The Morgan fingerprint density at radius 1 is 1.43 bits per heavy atom. The molecule has 1 aromatic carbocycles. The van der Waals surface area contributed by atoms with E-state index in [4.69, 9.17) is 0 Å². The zero-order chi connectivity index (χ0) is 10.1. The number of halogens is 2. The molecule has 0 aliphatic carbocycles. The van der Waals surface area contributed by atoms with Crippen LogP contribution in [-0.4, -0.2) is 9.97 Å². The third kappa shape index (κ3) is 1.70. The molecule has 0 aliphatic rings. The van der Waals surface area contributed by atoms with Crippen LogP contribution in [0.15, 0.2) is 28.9 Å². The Hall–Kier alpha value is -1.16. The van der Waals surface area contributed by atoms with Crippen LogP contribution in [0.3, 0.4) is 0 Å². The van der Waals surface area contributed by atoms with Crippen LogP contribution >= 0.6 is 15.9 Å². The van der Waals surface area contributed by atoms with E-state index < -0.39 is 0 Å². The van der Waals surface area contributed by atoms with Crippen molar-refractivity contribution in [2.24, 2.45) is 0 Å². The number of aromatic amines is 1. The van der Waals surface area contributed by atoms with E-state index in [1.807, 2.05) is 6.92 Å². The van der Waals surface area contributed by atoms with Gasteiger partial charge in [-0.3, -0.25) is 0 Å². The molecule has 2 aromatic rings. The molecule has 0 atom stereocenters. The fourth-order valence-corrected chi connectivity index (χ4v) is 1.62. The SMILES string of the molecule is Cc1ncc(-c2cc(Br)ccc2F)[nH]1. The highest BCUT2D eigenvalue weighted by Crippen LogP contribution is 2.24.